The highest BCUT2D eigenvalue weighted by Gasteiger charge is 2.27. The molecule has 0 aliphatic carbocycles. The lowest BCUT2D eigenvalue weighted by Crippen LogP contribution is -2.47. The second kappa shape index (κ2) is 5.98. The molecule has 1 unspecified atom stereocenters. The molecule has 0 saturated carbocycles. The Morgan fingerprint density at radius 2 is 2.14 bits per heavy atom. The van der Waals surface area contributed by atoms with Gasteiger partial charge in [-0.1, -0.05) is 6.92 Å². The number of nitrogens with one attached hydrogen (secondary N) is 1. The maximum atomic E-state index is 11.7. The largest absolute Gasteiger partial charge is 0.383 e. The van der Waals surface area contributed by atoms with Crippen LogP contribution in [0.3, 0.4) is 0 Å². The number of carbonyl (C=O) groups is 1. The molecule has 0 spiro atoms. The first-order chi connectivity index (χ1) is 6.47. The molecule has 0 aliphatic heterocycles. The van der Waals surface area contributed by atoms with Crippen LogP contribution in [0, 0.1) is 5.41 Å². The van der Waals surface area contributed by atoms with Crippen molar-refractivity contribution in [2.45, 2.75) is 33.2 Å². The highest BCUT2D eigenvalue weighted by atomic mass is 16.5. The fraction of sp³-hybridized carbons (Fsp3) is 0.900. The minimum Gasteiger partial charge on any atom is -0.383 e. The molecule has 0 fully saturated rings. The zero-order chi connectivity index (χ0) is 11.2. The highest BCUT2D eigenvalue weighted by molar-refractivity contribution is 5.82. The molecular formula is C10H22N2O2. The van der Waals surface area contributed by atoms with E-state index in [1.165, 1.54) is 0 Å². The molecule has 4 heteroatoms. The first kappa shape index (κ1) is 13.4. The Morgan fingerprint density at radius 1 is 1.57 bits per heavy atom. The molecular weight excluding hydrogens is 180 g/mol. The number of methoxy groups -OCH3 is 1. The smallest absolute Gasteiger partial charge is 0.227 e. The summed E-state index contributed by atoms with van der Waals surface area (Å²) in [7, 11) is 1.63. The molecule has 84 valence electrons. The van der Waals surface area contributed by atoms with Gasteiger partial charge in [-0.2, -0.15) is 0 Å². The molecule has 0 bridgehead atoms. The van der Waals surface area contributed by atoms with Crippen LogP contribution in [0.2, 0.25) is 0 Å². The van der Waals surface area contributed by atoms with Gasteiger partial charge in [-0.3, -0.25) is 4.79 Å². The number of ether oxygens (including phenoxy) is 1. The zero-order valence-corrected chi connectivity index (χ0v) is 9.59. The number of nitrogens with two attached hydrogens (primary N) is 1. The van der Waals surface area contributed by atoms with Crippen molar-refractivity contribution in [3.05, 3.63) is 0 Å². The van der Waals surface area contributed by atoms with Gasteiger partial charge in [0.05, 0.1) is 18.1 Å². The summed E-state index contributed by atoms with van der Waals surface area (Å²) in [6, 6.07) is 0.0818. The van der Waals surface area contributed by atoms with Crippen LogP contribution in [0.4, 0.5) is 0 Å². The van der Waals surface area contributed by atoms with E-state index in [1.807, 2.05) is 20.8 Å². The van der Waals surface area contributed by atoms with Gasteiger partial charge in [0, 0.05) is 13.7 Å². The van der Waals surface area contributed by atoms with Crippen molar-refractivity contribution < 1.29 is 9.53 Å². The van der Waals surface area contributed by atoms with Gasteiger partial charge in [0.15, 0.2) is 0 Å². The summed E-state index contributed by atoms with van der Waals surface area (Å²) < 4.78 is 5.00. The Kier molecular flexibility index (Phi) is 5.72. The number of amides is 1. The van der Waals surface area contributed by atoms with E-state index in [0.717, 1.165) is 6.42 Å². The molecule has 14 heavy (non-hydrogen) atoms. The molecule has 0 heterocycles. The fourth-order valence-electron chi connectivity index (χ4n) is 0.936. The Bertz CT molecular complexity index is 181. The second-order valence-electron chi connectivity index (χ2n) is 4.12. The molecule has 1 atom stereocenters. The number of hydrogen-bond donors (Lipinski definition) is 2. The van der Waals surface area contributed by atoms with Crippen molar-refractivity contribution in [2.75, 3.05) is 20.3 Å². The SMILES string of the molecule is CCC(COC)NC(=O)C(C)(C)CN. The number of hydrogen-bond acceptors (Lipinski definition) is 3. The van der Waals surface area contributed by atoms with E-state index in [-0.39, 0.29) is 11.9 Å². The first-order valence-corrected chi connectivity index (χ1v) is 4.98. The number of rotatable bonds is 6. The van der Waals surface area contributed by atoms with Crippen molar-refractivity contribution in [1.29, 1.82) is 0 Å². The molecule has 0 radical (unpaired) electrons. The summed E-state index contributed by atoms with van der Waals surface area (Å²) in [6.45, 7) is 6.58. The van der Waals surface area contributed by atoms with Gasteiger partial charge < -0.3 is 15.8 Å². The van der Waals surface area contributed by atoms with Crippen LogP contribution in [-0.4, -0.2) is 32.2 Å². The van der Waals surface area contributed by atoms with E-state index < -0.39 is 5.41 Å². The minimum absolute atomic E-state index is 0.0103. The third-order valence-electron chi connectivity index (χ3n) is 2.32. The number of carbonyl (C=O) groups excluding carboxylic acids is 1. The van der Waals surface area contributed by atoms with E-state index >= 15 is 0 Å². The summed E-state index contributed by atoms with van der Waals surface area (Å²) in [5.74, 6) is -0.0103. The predicted molar refractivity (Wildman–Crippen MR) is 56.9 cm³/mol. The summed E-state index contributed by atoms with van der Waals surface area (Å²) >= 11 is 0. The predicted octanol–water partition coefficient (Wildman–Crippen LogP) is 0.513. The monoisotopic (exact) mass is 202 g/mol. The normalized spacial score (nSPS) is 13.8. The first-order valence-electron chi connectivity index (χ1n) is 4.98. The van der Waals surface area contributed by atoms with E-state index in [1.54, 1.807) is 7.11 Å². The lowest BCUT2D eigenvalue weighted by molar-refractivity contribution is -0.130. The van der Waals surface area contributed by atoms with E-state index in [4.69, 9.17) is 10.5 Å². The Balaban J connectivity index is 4.15. The standard InChI is InChI=1S/C10H22N2O2/c1-5-8(6-14-4)12-9(13)10(2,3)7-11/h8H,5-7,11H2,1-4H3,(H,12,13). The Morgan fingerprint density at radius 3 is 2.50 bits per heavy atom. The Hall–Kier alpha value is -0.610. The molecule has 0 aromatic carbocycles. The summed E-state index contributed by atoms with van der Waals surface area (Å²) in [5.41, 5.74) is 5.01. The highest BCUT2D eigenvalue weighted by Crippen LogP contribution is 2.12. The van der Waals surface area contributed by atoms with Gasteiger partial charge in [0.2, 0.25) is 5.91 Å². The van der Waals surface area contributed by atoms with Crippen molar-refractivity contribution in [2.24, 2.45) is 11.1 Å². The molecule has 0 aromatic heterocycles. The third-order valence-corrected chi connectivity index (χ3v) is 2.32. The quantitative estimate of drug-likeness (QED) is 0.659. The minimum atomic E-state index is -0.499. The van der Waals surface area contributed by atoms with Crippen LogP contribution < -0.4 is 11.1 Å². The van der Waals surface area contributed by atoms with Gasteiger partial charge in [-0.05, 0) is 20.3 Å². The zero-order valence-electron chi connectivity index (χ0n) is 9.59. The van der Waals surface area contributed by atoms with Crippen molar-refractivity contribution in [1.82, 2.24) is 5.32 Å². The lowest BCUT2D eigenvalue weighted by atomic mass is 9.92. The van der Waals surface area contributed by atoms with Gasteiger partial charge in [-0.25, -0.2) is 0 Å². The van der Waals surface area contributed by atoms with Gasteiger partial charge >= 0.3 is 0 Å². The second-order valence-corrected chi connectivity index (χ2v) is 4.12. The molecule has 0 rings (SSSR count). The maximum Gasteiger partial charge on any atom is 0.227 e. The van der Waals surface area contributed by atoms with Crippen LogP contribution in [0.25, 0.3) is 0 Å². The molecule has 4 nitrogen and oxygen atoms in total. The van der Waals surface area contributed by atoms with E-state index in [0.29, 0.717) is 13.2 Å². The average Bonchev–Trinajstić information content (AvgIpc) is 2.16. The van der Waals surface area contributed by atoms with Crippen molar-refractivity contribution in [3.8, 4) is 0 Å². The molecule has 0 aliphatic rings. The van der Waals surface area contributed by atoms with Crippen LogP contribution in [0.1, 0.15) is 27.2 Å². The van der Waals surface area contributed by atoms with Crippen LogP contribution in [0.5, 0.6) is 0 Å². The van der Waals surface area contributed by atoms with Gasteiger partial charge in [0.25, 0.3) is 0 Å². The molecule has 3 N–H and O–H groups in total. The van der Waals surface area contributed by atoms with Crippen LogP contribution >= 0.6 is 0 Å². The van der Waals surface area contributed by atoms with Crippen molar-refractivity contribution in [3.63, 3.8) is 0 Å². The molecule has 0 aromatic rings. The van der Waals surface area contributed by atoms with Crippen LogP contribution in [-0.2, 0) is 9.53 Å². The van der Waals surface area contributed by atoms with E-state index in [9.17, 15) is 4.79 Å². The topological polar surface area (TPSA) is 64.3 Å². The fourth-order valence-corrected chi connectivity index (χ4v) is 0.936. The summed E-state index contributed by atoms with van der Waals surface area (Å²) in [5, 5.41) is 2.91. The molecule has 0 saturated heterocycles. The van der Waals surface area contributed by atoms with Crippen molar-refractivity contribution >= 4 is 5.91 Å². The van der Waals surface area contributed by atoms with Gasteiger partial charge in [0.1, 0.15) is 0 Å². The van der Waals surface area contributed by atoms with Crippen LogP contribution in [0.15, 0.2) is 0 Å². The van der Waals surface area contributed by atoms with E-state index in [2.05, 4.69) is 5.32 Å². The molecule has 1 amide bonds. The lowest BCUT2D eigenvalue weighted by Gasteiger charge is -2.25. The van der Waals surface area contributed by atoms with Gasteiger partial charge in [-0.15, -0.1) is 0 Å². The average molecular weight is 202 g/mol. The summed E-state index contributed by atoms with van der Waals surface area (Å²) in [4.78, 5) is 11.7. The Labute approximate surface area is 86.2 Å². The maximum absolute atomic E-state index is 11.7. The third kappa shape index (κ3) is 4.07. The summed E-state index contributed by atoms with van der Waals surface area (Å²) in [6.07, 6.45) is 0.861.